The third-order valence-corrected chi connectivity index (χ3v) is 5.04. The predicted molar refractivity (Wildman–Crippen MR) is 75.5 cm³/mol. The molecule has 5 nitrogen and oxygen atoms in total. The molecule has 1 saturated heterocycles. The molecule has 5 heteroatoms. The van der Waals surface area contributed by atoms with E-state index in [0.29, 0.717) is 0 Å². The molecule has 1 aromatic rings. The number of nitrogens with zero attached hydrogens (tertiary/aromatic N) is 2. The molecule has 2 heterocycles. The van der Waals surface area contributed by atoms with Crippen molar-refractivity contribution < 1.29 is 9.26 Å². The number of rotatable bonds is 5. The van der Waals surface area contributed by atoms with Crippen molar-refractivity contribution >= 4 is 0 Å². The summed E-state index contributed by atoms with van der Waals surface area (Å²) in [5.74, 6) is 1.56. The second-order valence-electron chi connectivity index (χ2n) is 6.29. The minimum atomic E-state index is -0.281. The standard InChI is InChI=1S/C15H25N3O2/c1-3-6-14(7-5-10-16-11-14)13-17-12(18-20-13)15(19-2)8-4-9-15/h16H,3-11H2,1-2H3. The summed E-state index contributed by atoms with van der Waals surface area (Å²) in [6, 6.07) is 0. The Hall–Kier alpha value is -0.940. The third kappa shape index (κ3) is 2.17. The molecular formula is C15H25N3O2. The van der Waals surface area contributed by atoms with Gasteiger partial charge in [0.2, 0.25) is 11.7 Å². The summed E-state index contributed by atoms with van der Waals surface area (Å²) in [4.78, 5) is 4.75. The van der Waals surface area contributed by atoms with Crippen LogP contribution >= 0.6 is 0 Å². The third-order valence-electron chi connectivity index (χ3n) is 5.04. The molecule has 2 aliphatic rings. The first-order valence-electron chi connectivity index (χ1n) is 7.85. The van der Waals surface area contributed by atoms with Crippen molar-refractivity contribution in [2.75, 3.05) is 20.2 Å². The van der Waals surface area contributed by atoms with Crippen LogP contribution in [0.4, 0.5) is 0 Å². The molecule has 0 spiro atoms. The smallest absolute Gasteiger partial charge is 0.234 e. The van der Waals surface area contributed by atoms with E-state index in [0.717, 1.165) is 56.9 Å². The highest BCUT2D eigenvalue weighted by Crippen LogP contribution is 2.44. The maximum absolute atomic E-state index is 5.66. The fourth-order valence-corrected chi connectivity index (χ4v) is 3.59. The number of piperidine rings is 1. The van der Waals surface area contributed by atoms with Gasteiger partial charge in [-0.1, -0.05) is 18.5 Å². The molecule has 112 valence electrons. The highest BCUT2D eigenvalue weighted by molar-refractivity contribution is 5.13. The van der Waals surface area contributed by atoms with Crippen molar-refractivity contribution in [2.24, 2.45) is 0 Å². The van der Waals surface area contributed by atoms with Gasteiger partial charge in [-0.15, -0.1) is 0 Å². The molecule has 20 heavy (non-hydrogen) atoms. The molecule has 1 aliphatic carbocycles. The Morgan fingerprint density at radius 3 is 2.70 bits per heavy atom. The number of hydrogen-bond acceptors (Lipinski definition) is 5. The number of hydrogen-bond donors (Lipinski definition) is 1. The first-order chi connectivity index (χ1) is 9.75. The summed E-state index contributed by atoms with van der Waals surface area (Å²) in [6.45, 7) is 4.26. The van der Waals surface area contributed by atoms with Gasteiger partial charge in [0.25, 0.3) is 0 Å². The average molecular weight is 279 g/mol. The highest BCUT2D eigenvalue weighted by Gasteiger charge is 2.45. The Morgan fingerprint density at radius 2 is 2.15 bits per heavy atom. The van der Waals surface area contributed by atoms with Gasteiger partial charge in [-0.2, -0.15) is 4.98 Å². The number of aromatic nitrogens is 2. The molecule has 1 aromatic heterocycles. The lowest BCUT2D eigenvalue weighted by molar-refractivity contribution is -0.0858. The Labute approximate surface area is 120 Å². The minimum absolute atomic E-state index is 0.0247. The van der Waals surface area contributed by atoms with Crippen LogP contribution in [0.1, 0.15) is 63.6 Å². The van der Waals surface area contributed by atoms with Gasteiger partial charge >= 0.3 is 0 Å². The summed E-state index contributed by atoms with van der Waals surface area (Å²) in [6.07, 6.45) is 7.72. The lowest BCUT2D eigenvalue weighted by Crippen LogP contribution is -2.44. The van der Waals surface area contributed by atoms with Crippen molar-refractivity contribution in [3.05, 3.63) is 11.7 Å². The van der Waals surface area contributed by atoms with E-state index in [4.69, 9.17) is 14.2 Å². The van der Waals surface area contributed by atoms with Crippen LogP contribution < -0.4 is 5.32 Å². The highest BCUT2D eigenvalue weighted by atomic mass is 16.5. The SMILES string of the molecule is CCCC1(c2nc(C3(OC)CCC3)no2)CCCNC1. The van der Waals surface area contributed by atoms with E-state index in [1.165, 1.54) is 12.8 Å². The lowest BCUT2D eigenvalue weighted by Gasteiger charge is -2.37. The van der Waals surface area contributed by atoms with Crippen LogP contribution in [0.25, 0.3) is 0 Å². The molecule has 3 rings (SSSR count). The quantitative estimate of drug-likeness (QED) is 0.897. The lowest BCUT2D eigenvalue weighted by atomic mass is 9.76. The van der Waals surface area contributed by atoms with Crippen molar-refractivity contribution in [3.63, 3.8) is 0 Å². The molecule has 0 radical (unpaired) electrons. The molecule has 0 bridgehead atoms. The monoisotopic (exact) mass is 279 g/mol. The van der Waals surface area contributed by atoms with Gasteiger partial charge in [0.15, 0.2) is 0 Å². The van der Waals surface area contributed by atoms with Crippen LogP contribution in [0.2, 0.25) is 0 Å². The summed E-state index contributed by atoms with van der Waals surface area (Å²) in [7, 11) is 1.75. The maximum Gasteiger partial charge on any atom is 0.234 e. The normalized spacial score (nSPS) is 29.1. The fraction of sp³-hybridized carbons (Fsp3) is 0.867. The Balaban J connectivity index is 1.87. The van der Waals surface area contributed by atoms with Crippen molar-refractivity contribution in [3.8, 4) is 0 Å². The maximum atomic E-state index is 5.66. The first-order valence-corrected chi connectivity index (χ1v) is 7.85. The molecule has 1 N–H and O–H groups in total. The predicted octanol–water partition coefficient (Wildman–Crippen LogP) is 2.52. The van der Waals surface area contributed by atoms with E-state index in [9.17, 15) is 0 Å². The largest absolute Gasteiger partial charge is 0.370 e. The van der Waals surface area contributed by atoms with Gasteiger partial charge in [-0.25, -0.2) is 0 Å². The molecule has 1 aliphatic heterocycles. The van der Waals surface area contributed by atoms with Gasteiger partial charge in [0.1, 0.15) is 5.60 Å². The van der Waals surface area contributed by atoms with Gasteiger partial charge in [-0.05, 0) is 45.1 Å². The molecule has 1 saturated carbocycles. The van der Waals surface area contributed by atoms with Gasteiger partial charge in [-0.3, -0.25) is 0 Å². The fourth-order valence-electron chi connectivity index (χ4n) is 3.59. The van der Waals surface area contributed by atoms with Crippen molar-refractivity contribution in [1.82, 2.24) is 15.5 Å². The van der Waals surface area contributed by atoms with Crippen LogP contribution in [0.5, 0.6) is 0 Å². The summed E-state index contributed by atoms with van der Waals surface area (Å²) in [5, 5.41) is 7.73. The van der Waals surface area contributed by atoms with Crippen LogP contribution in [0, 0.1) is 0 Å². The Bertz CT molecular complexity index is 437. The van der Waals surface area contributed by atoms with Crippen LogP contribution in [-0.4, -0.2) is 30.3 Å². The first kappa shape index (κ1) is 14.0. The Kier molecular flexibility index (Phi) is 3.82. The second-order valence-corrected chi connectivity index (χ2v) is 6.29. The average Bonchev–Trinajstić information content (AvgIpc) is 2.90. The van der Waals surface area contributed by atoms with Crippen LogP contribution in [-0.2, 0) is 15.8 Å². The minimum Gasteiger partial charge on any atom is -0.370 e. The van der Waals surface area contributed by atoms with Crippen LogP contribution in [0.3, 0.4) is 0 Å². The van der Waals surface area contributed by atoms with E-state index in [-0.39, 0.29) is 11.0 Å². The van der Waals surface area contributed by atoms with Crippen LogP contribution in [0.15, 0.2) is 4.52 Å². The molecule has 2 fully saturated rings. The summed E-state index contributed by atoms with van der Waals surface area (Å²) in [5.41, 5.74) is -0.256. The van der Waals surface area contributed by atoms with E-state index < -0.39 is 0 Å². The summed E-state index contributed by atoms with van der Waals surface area (Å²) >= 11 is 0. The van der Waals surface area contributed by atoms with Crippen molar-refractivity contribution in [2.45, 2.75) is 62.9 Å². The number of ether oxygens (including phenoxy) is 1. The molecular weight excluding hydrogens is 254 g/mol. The zero-order valence-corrected chi connectivity index (χ0v) is 12.6. The molecule has 0 amide bonds. The molecule has 1 atom stereocenters. The van der Waals surface area contributed by atoms with Crippen molar-refractivity contribution in [1.29, 1.82) is 0 Å². The van der Waals surface area contributed by atoms with E-state index in [2.05, 4.69) is 17.4 Å². The van der Waals surface area contributed by atoms with Gasteiger partial charge in [0, 0.05) is 13.7 Å². The number of nitrogens with one attached hydrogen (secondary N) is 1. The Morgan fingerprint density at radius 1 is 1.30 bits per heavy atom. The summed E-state index contributed by atoms with van der Waals surface area (Å²) < 4.78 is 11.3. The van der Waals surface area contributed by atoms with Gasteiger partial charge in [0.05, 0.1) is 5.41 Å². The zero-order valence-electron chi connectivity index (χ0n) is 12.6. The van der Waals surface area contributed by atoms with Gasteiger partial charge < -0.3 is 14.6 Å². The molecule has 1 unspecified atom stereocenters. The topological polar surface area (TPSA) is 60.2 Å². The number of methoxy groups -OCH3 is 1. The van der Waals surface area contributed by atoms with E-state index in [1.807, 2.05) is 0 Å². The zero-order chi connectivity index (χ0) is 14.1. The molecule has 0 aromatic carbocycles. The van der Waals surface area contributed by atoms with E-state index in [1.54, 1.807) is 7.11 Å². The second kappa shape index (κ2) is 5.45. The van der Waals surface area contributed by atoms with E-state index >= 15 is 0 Å².